The van der Waals surface area contributed by atoms with Gasteiger partial charge in [-0.2, -0.15) is 4.98 Å². The van der Waals surface area contributed by atoms with Crippen molar-refractivity contribution in [3.63, 3.8) is 0 Å². The zero-order valence-electron chi connectivity index (χ0n) is 21.0. The summed E-state index contributed by atoms with van der Waals surface area (Å²) in [4.78, 5) is 16.6. The third-order valence-electron chi connectivity index (χ3n) is 8.45. The first-order valence-corrected chi connectivity index (χ1v) is 13.7. The summed E-state index contributed by atoms with van der Waals surface area (Å²) < 4.78 is 6.24. The molecular formula is C27H34ClN7O. The number of piperazine rings is 1. The first kappa shape index (κ1) is 22.5. The number of anilines is 4. The summed E-state index contributed by atoms with van der Waals surface area (Å²) in [6.07, 6.45) is 7.81. The molecule has 2 unspecified atom stereocenters. The highest BCUT2D eigenvalue weighted by molar-refractivity contribution is 6.32. The van der Waals surface area contributed by atoms with E-state index in [1.54, 1.807) is 6.20 Å². The van der Waals surface area contributed by atoms with Crippen LogP contribution in [0.5, 0.6) is 0 Å². The molecule has 1 aliphatic carbocycles. The van der Waals surface area contributed by atoms with Gasteiger partial charge >= 0.3 is 0 Å². The Morgan fingerprint density at radius 2 is 1.89 bits per heavy atom. The Balaban J connectivity index is 1.19. The van der Waals surface area contributed by atoms with Gasteiger partial charge in [0.05, 0.1) is 25.0 Å². The number of nitrogens with one attached hydrogen (secondary N) is 2. The second-order valence-corrected chi connectivity index (χ2v) is 11.5. The minimum Gasteiger partial charge on any atom is -0.494 e. The summed E-state index contributed by atoms with van der Waals surface area (Å²) in [5, 5.41) is 7.90. The van der Waals surface area contributed by atoms with Crippen molar-refractivity contribution in [1.29, 1.82) is 0 Å². The van der Waals surface area contributed by atoms with E-state index in [-0.39, 0.29) is 0 Å². The summed E-state index contributed by atoms with van der Waals surface area (Å²) in [5.74, 6) is 3.24. The van der Waals surface area contributed by atoms with Gasteiger partial charge in [0.2, 0.25) is 5.95 Å². The lowest BCUT2D eigenvalue weighted by atomic mass is 10.0. The maximum atomic E-state index is 6.59. The highest BCUT2D eigenvalue weighted by Crippen LogP contribution is 2.41. The van der Waals surface area contributed by atoms with E-state index in [4.69, 9.17) is 21.3 Å². The molecule has 2 N–H and O–H groups in total. The van der Waals surface area contributed by atoms with Crippen molar-refractivity contribution in [2.45, 2.75) is 50.2 Å². The summed E-state index contributed by atoms with van der Waals surface area (Å²) in [6, 6.07) is 7.90. The maximum absolute atomic E-state index is 6.59. The molecule has 0 amide bonds. The van der Waals surface area contributed by atoms with Crippen LogP contribution in [0.2, 0.25) is 5.02 Å². The Bertz CT molecular complexity index is 1200. The Morgan fingerprint density at radius 3 is 2.67 bits per heavy atom. The van der Waals surface area contributed by atoms with Crippen LogP contribution < -0.4 is 20.4 Å². The monoisotopic (exact) mass is 507 g/mol. The minimum absolute atomic E-state index is 0.466. The molecule has 1 aromatic carbocycles. The van der Waals surface area contributed by atoms with E-state index in [9.17, 15) is 0 Å². The Labute approximate surface area is 217 Å². The van der Waals surface area contributed by atoms with Gasteiger partial charge in [-0.1, -0.05) is 11.6 Å². The Hall–Kier alpha value is -2.71. The average Bonchev–Trinajstić information content (AvgIpc) is 3.68. The van der Waals surface area contributed by atoms with Crippen molar-refractivity contribution in [3.05, 3.63) is 40.7 Å². The summed E-state index contributed by atoms with van der Waals surface area (Å²) >= 11 is 6.59. The van der Waals surface area contributed by atoms with E-state index in [1.165, 1.54) is 36.9 Å². The van der Waals surface area contributed by atoms with Gasteiger partial charge in [0.1, 0.15) is 10.8 Å². The van der Waals surface area contributed by atoms with Gasteiger partial charge < -0.3 is 30.1 Å². The molecule has 3 atom stereocenters. The molecule has 5 heterocycles. The minimum atomic E-state index is 0.466. The first-order valence-electron chi connectivity index (χ1n) is 13.3. The first-order chi connectivity index (χ1) is 17.5. The number of hydrogen-bond acceptors (Lipinski definition) is 8. The molecule has 2 saturated heterocycles. The van der Waals surface area contributed by atoms with Gasteiger partial charge in [-0.25, -0.2) is 4.98 Å². The fraction of sp³-hybridized carbons (Fsp3) is 0.556. The van der Waals surface area contributed by atoms with Crippen LogP contribution in [0.1, 0.15) is 37.7 Å². The summed E-state index contributed by atoms with van der Waals surface area (Å²) in [5.41, 5.74) is 4.47. The number of aromatic nitrogens is 2. The number of ether oxygens (including phenoxy) is 1. The quantitative estimate of drug-likeness (QED) is 0.642. The second-order valence-electron chi connectivity index (χ2n) is 11.1. The maximum Gasteiger partial charge on any atom is 0.227 e. The third-order valence-corrected chi connectivity index (χ3v) is 8.73. The fourth-order valence-electron chi connectivity index (χ4n) is 6.52. The van der Waals surface area contributed by atoms with Crippen molar-refractivity contribution < 1.29 is 4.74 Å². The largest absolute Gasteiger partial charge is 0.494 e. The van der Waals surface area contributed by atoms with E-state index in [0.29, 0.717) is 29.0 Å². The van der Waals surface area contributed by atoms with Crippen molar-refractivity contribution in [3.8, 4) is 0 Å². The molecule has 8 nitrogen and oxygen atoms in total. The van der Waals surface area contributed by atoms with Crippen molar-refractivity contribution in [2.24, 2.45) is 5.92 Å². The second kappa shape index (κ2) is 8.70. The average molecular weight is 508 g/mol. The molecule has 5 aliphatic rings. The van der Waals surface area contributed by atoms with Crippen molar-refractivity contribution in [2.75, 3.05) is 55.5 Å². The van der Waals surface area contributed by atoms with Crippen molar-refractivity contribution in [1.82, 2.24) is 20.2 Å². The van der Waals surface area contributed by atoms with E-state index in [1.807, 2.05) is 0 Å². The molecule has 1 aromatic heterocycles. The van der Waals surface area contributed by atoms with Crippen LogP contribution in [0.15, 0.2) is 30.2 Å². The Kier molecular flexibility index (Phi) is 5.43. The lowest BCUT2D eigenvalue weighted by molar-refractivity contribution is 0.203. The van der Waals surface area contributed by atoms with Crippen LogP contribution >= 0.6 is 11.6 Å². The van der Waals surface area contributed by atoms with Crippen LogP contribution in [0.4, 0.5) is 23.1 Å². The fourth-order valence-corrected chi connectivity index (χ4v) is 6.66. The van der Waals surface area contributed by atoms with Crippen LogP contribution in [0.25, 0.3) is 5.70 Å². The van der Waals surface area contributed by atoms with Gasteiger partial charge in [0, 0.05) is 61.6 Å². The molecule has 4 aliphatic heterocycles. The zero-order valence-corrected chi connectivity index (χ0v) is 21.8. The van der Waals surface area contributed by atoms with Crippen molar-refractivity contribution >= 4 is 40.4 Å². The number of halogens is 1. The molecule has 2 bridgehead atoms. The number of likely N-dealkylation sites (tertiary alicyclic amines) is 1. The lowest BCUT2D eigenvalue weighted by Crippen LogP contribution is -2.53. The standard InChI is InChI=1S/C27H34ClN7O/c1-33-13-18-6-7-19(14-33)35(18)27-29-12-21(28)26(32-27)30-17-5-8-23-20(11-17)25-24(15-34(23)2)36-10-9-22(31-25)16-3-4-16/h5,8,11-12,16,18-19,22,31H,3-4,6-7,9-10,13-15H2,1-2H3,(H,29,30,32)/t18?,19?,22-/m1/s1. The summed E-state index contributed by atoms with van der Waals surface area (Å²) in [7, 11) is 4.33. The molecule has 9 heteroatoms. The van der Waals surface area contributed by atoms with E-state index >= 15 is 0 Å². The van der Waals surface area contributed by atoms with Crippen LogP contribution in [0, 0.1) is 5.92 Å². The normalized spacial score (nSPS) is 27.7. The van der Waals surface area contributed by atoms with E-state index in [0.717, 1.165) is 61.7 Å². The van der Waals surface area contributed by atoms with E-state index < -0.39 is 0 Å². The molecule has 7 rings (SSSR count). The lowest BCUT2D eigenvalue weighted by Gasteiger charge is -2.39. The SMILES string of the molecule is CN1CC2CCC(C1)N2c1ncc(Cl)c(Nc2ccc3c(c2)C2=C(CN3C)OCC[C@H](C3CC3)N2)n1. The van der Waals surface area contributed by atoms with Gasteiger partial charge in [0.15, 0.2) is 5.82 Å². The number of nitrogens with zero attached hydrogens (tertiary/aromatic N) is 5. The van der Waals surface area contributed by atoms with E-state index in [2.05, 4.69) is 62.6 Å². The van der Waals surface area contributed by atoms with Crippen LogP contribution in [0.3, 0.4) is 0 Å². The number of likely N-dealkylation sites (N-methyl/N-ethyl adjacent to an activating group) is 2. The molecule has 2 aromatic rings. The highest BCUT2D eigenvalue weighted by Gasteiger charge is 2.40. The number of benzene rings is 1. The molecule has 3 fully saturated rings. The van der Waals surface area contributed by atoms with Crippen LogP contribution in [-0.2, 0) is 4.74 Å². The summed E-state index contributed by atoms with van der Waals surface area (Å²) in [6.45, 7) is 3.67. The number of rotatable bonds is 4. The zero-order chi connectivity index (χ0) is 24.4. The molecule has 36 heavy (non-hydrogen) atoms. The van der Waals surface area contributed by atoms with Crippen LogP contribution in [-0.4, -0.2) is 73.3 Å². The van der Waals surface area contributed by atoms with Gasteiger partial charge in [0.25, 0.3) is 0 Å². The van der Waals surface area contributed by atoms with Gasteiger partial charge in [-0.3, -0.25) is 0 Å². The highest BCUT2D eigenvalue weighted by atomic mass is 35.5. The predicted octanol–water partition coefficient (Wildman–Crippen LogP) is 4.06. The van der Waals surface area contributed by atoms with Gasteiger partial charge in [-0.15, -0.1) is 0 Å². The Morgan fingerprint density at radius 1 is 1.08 bits per heavy atom. The molecule has 1 saturated carbocycles. The molecule has 0 radical (unpaired) electrons. The van der Waals surface area contributed by atoms with Gasteiger partial charge in [-0.05, 0) is 56.8 Å². The molecule has 0 spiro atoms. The smallest absolute Gasteiger partial charge is 0.227 e. The molecule has 190 valence electrons. The predicted molar refractivity (Wildman–Crippen MR) is 144 cm³/mol. The third kappa shape index (κ3) is 3.95. The topological polar surface area (TPSA) is 68.8 Å². The molecular weight excluding hydrogens is 474 g/mol. The number of fused-ring (bicyclic) bond motifs is 4. The number of hydrogen-bond donors (Lipinski definition) is 2.